The summed E-state index contributed by atoms with van der Waals surface area (Å²) in [4.78, 5) is 11.9. The molecule has 0 saturated carbocycles. The van der Waals surface area contributed by atoms with E-state index in [1.807, 2.05) is 13.0 Å². The maximum absolute atomic E-state index is 14.2. The van der Waals surface area contributed by atoms with Crippen molar-refractivity contribution in [2.45, 2.75) is 13.5 Å². The first-order valence-electron chi connectivity index (χ1n) is 8.23. The topological polar surface area (TPSA) is 48.0 Å². The monoisotopic (exact) mass is 367 g/mol. The number of rotatable bonds is 3. The molecule has 1 heterocycles. The van der Waals surface area contributed by atoms with Crippen LogP contribution in [0.15, 0.2) is 42.5 Å². The van der Waals surface area contributed by atoms with Gasteiger partial charge in [-0.1, -0.05) is 12.1 Å². The minimum absolute atomic E-state index is 0.169. The molecule has 2 N–H and O–H groups in total. The molecule has 6 heteroatoms. The van der Waals surface area contributed by atoms with Crippen molar-refractivity contribution in [1.29, 1.82) is 0 Å². The van der Waals surface area contributed by atoms with Crippen LogP contribution in [0.5, 0.6) is 0 Å². The fourth-order valence-corrected chi connectivity index (χ4v) is 3.42. The Morgan fingerprint density at radius 2 is 1.81 bits per heavy atom. The van der Waals surface area contributed by atoms with Gasteiger partial charge in [0.05, 0.1) is 17.6 Å². The normalized spacial score (nSPS) is 11.4. The van der Waals surface area contributed by atoms with Gasteiger partial charge in [0.1, 0.15) is 17.5 Å². The Kier molecular flexibility index (Phi) is 3.91. The summed E-state index contributed by atoms with van der Waals surface area (Å²) in [5.41, 5.74) is 7.68. The van der Waals surface area contributed by atoms with Crippen LogP contribution < -0.4 is 5.73 Å². The Hall–Kier alpha value is -3.28. The predicted octanol–water partition coefficient (Wildman–Crippen LogP) is 4.47. The van der Waals surface area contributed by atoms with Crippen LogP contribution in [0.1, 0.15) is 21.5 Å². The quantitative estimate of drug-likeness (QED) is 0.571. The Balaban J connectivity index is 2.06. The molecule has 0 aliphatic heterocycles. The number of benzene rings is 3. The van der Waals surface area contributed by atoms with Crippen molar-refractivity contribution in [3.8, 4) is 0 Å². The second-order valence-electron chi connectivity index (χ2n) is 6.44. The molecule has 0 bridgehead atoms. The molecule has 3 nitrogen and oxygen atoms in total. The lowest BCUT2D eigenvalue weighted by Crippen LogP contribution is -2.11. The smallest absolute Gasteiger partial charge is 0.249 e. The molecule has 0 saturated heterocycles. The van der Waals surface area contributed by atoms with Gasteiger partial charge in [0.15, 0.2) is 0 Å². The van der Waals surface area contributed by atoms with Crippen molar-refractivity contribution < 1.29 is 18.0 Å². The van der Waals surface area contributed by atoms with E-state index in [0.29, 0.717) is 39.5 Å². The summed E-state index contributed by atoms with van der Waals surface area (Å²) in [6.45, 7) is 1.70. The third kappa shape index (κ3) is 2.73. The molecule has 1 aromatic heterocycles. The molecule has 4 rings (SSSR count). The van der Waals surface area contributed by atoms with Gasteiger partial charge in [-0.3, -0.25) is 4.79 Å². The minimum Gasteiger partial charge on any atom is -0.366 e. The van der Waals surface area contributed by atoms with E-state index in [1.165, 1.54) is 0 Å². The summed E-state index contributed by atoms with van der Waals surface area (Å²) < 4.78 is 43.4. The summed E-state index contributed by atoms with van der Waals surface area (Å²) >= 11 is 0. The number of primary amides is 1. The molecule has 4 aromatic rings. The third-order valence-electron chi connectivity index (χ3n) is 4.63. The van der Waals surface area contributed by atoms with E-state index in [2.05, 4.69) is 6.07 Å². The molecule has 0 spiro atoms. The fourth-order valence-electron chi connectivity index (χ4n) is 3.42. The van der Waals surface area contributed by atoms with Crippen LogP contribution in [0, 0.1) is 30.4 Å². The van der Waals surface area contributed by atoms with Gasteiger partial charge in [0, 0.05) is 34.0 Å². The first-order chi connectivity index (χ1) is 12.9. The molecule has 27 heavy (non-hydrogen) atoms. The van der Waals surface area contributed by atoms with Crippen LogP contribution in [0.25, 0.3) is 21.8 Å². The van der Waals surface area contributed by atoms with Crippen LogP contribution in [-0.4, -0.2) is 10.5 Å². The summed E-state index contributed by atoms with van der Waals surface area (Å²) in [6.07, 6.45) is 0. The number of hydrogen-bond donors (Lipinski definition) is 1. The molecule has 0 fully saturated rings. The van der Waals surface area contributed by atoms with E-state index in [-0.39, 0.29) is 12.1 Å². The maximum atomic E-state index is 14.2. The van der Waals surface area contributed by atoms with Gasteiger partial charge in [-0.15, -0.1) is 0 Å². The van der Waals surface area contributed by atoms with Gasteiger partial charge < -0.3 is 10.3 Å². The standard InChI is InChI=1S/C21H14F3N2O/c1-11-5-6-13-19(7-11)26(10-15-16(23)8-12(22)9-17(15)24)18-4-2-3-14(20(13)18)21(25)27/h2-5,7-9H,10H2,1H3,(H2,25,27). The number of carbonyl (C=O) groups excluding carboxylic acids is 1. The van der Waals surface area contributed by atoms with Gasteiger partial charge in [-0.05, 0) is 36.8 Å². The second kappa shape index (κ2) is 6.16. The lowest BCUT2D eigenvalue weighted by Gasteiger charge is -2.10. The third-order valence-corrected chi connectivity index (χ3v) is 4.63. The van der Waals surface area contributed by atoms with E-state index in [1.54, 1.807) is 28.8 Å². The molecule has 0 aliphatic rings. The molecule has 1 radical (unpaired) electrons. The number of nitrogens with zero attached hydrogens (tertiary/aromatic N) is 1. The first-order valence-corrected chi connectivity index (χ1v) is 8.23. The largest absolute Gasteiger partial charge is 0.366 e. The zero-order chi connectivity index (χ0) is 19.3. The van der Waals surface area contributed by atoms with Crippen molar-refractivity contribution in [3.05, 3.63) is 82.7 Å². The number of carbonyl (C=O) groups is 1. The van der Waals surface area contributed by atoms with E-state index >= 15 is 0 Å². The molecular weight excluding hydrogens is 353 g/mol. The summed E-state index contributed by atoms with van der Waals surface area (Å²) in [6, 6.07) is 13.0. The van der Waals surface area contributed by atoms with Gasteiger partial charge in [0.25, 0.3) is 0 Å². The summed E-state index contributed by atoms with van der Waals surface area (Å²) in [5.74, 6) is -3.51. The Labute approximate surface area is 152 Å². The molecule has 1 amide bonds. The van der Waals surface area contributed by atoms with E-state index < -0.39 is 23.4 Å². The fraction of sp³-hybridized carbons (Fsp3) is 0.0952. The highest BCUT2D eigenvalue weighted by Gasteiger charge is 2.19. The molecule has 0 atom stereocenters. The van der Waals surface area contributed by atoms with Crippen molar-refractivity contribution in [2.24, 2.45) is 5.73 Å². The highest BCUT2D eigenvalue weighted by molar-refractivity contribution is 6.17. The summed E-state index contributed by atoms with van der Waals surface area (Å²) in [5, 5.41) is 1.20. The summed E-state index contributed by atoms with van der Waals surface area (Å²) in [7, 11) is 0. The Morgan fingerprint density at radius 3 is 2.48 bits per heavy atom. The van der Waals surface area contributed by atoms with E-state index in [0.717, 1.165) is 5.56 Å². The second-order valence-corrected chi connectivity index (χ2v) is 6.44. The highest BCUT2D eigenvalue weighted by Crippen LogP contribution is 2.33. The molecule has 0 aliphatic carbocycles. The van der Waals surface area contributed by atoms with Crippen LogP contribution in [-0.2, 0) is 6.54 Å². The first kappa shape index (κ1) is 17.1. The zero-order valence-corrected chi connectivity index (χ0v) is 14.3. The van der Waals surface area contributed by atoms with Crippen LogP contribution in [0.2, 0.25) is 0 Å². The van der Waals surface area contributed by atoms with Gasteiger partial charge in [-0.2, -0.15) is 0 Å². The Bertz CT molecular complexity index is 1200. The number of aromatic nitrogens is 1. The minimum atomic E-state index is -0.976. The van der Waals surface area contributed by atoms with Crippen LogP contribution >= 0.6 is 0 Å². The number of hydrogen-bond acceptors (Lipinski definition) is 1. The number of amides is 1. The molecular formula is C21H14F3N2O. The lowest BCUT2D eigenvalue weighted by atomic mass is 10.1. The average molecular weight is 367 g/mol. The zero-order valence-electron chi connectivity index (χ0n) is 14.3. The molecule has 135 valence electrons. The lowest BCUT2D eigenvalue weighted by molar-refractivity contribution is 0.100. The maximum Gasteiger partial charge on any atom is 0.249 e. The number of fused-ring (bicyclic) bond motifs is 3. The SMILES string of the molecule is Cc1c[c]c2c3c(C(N)=O)cccc3n(Cc3c(F)cc(F)cc3F)c2c1. The van der Waals surface area contributed by atoms with Crippen molar-refractivity contribution >= 4 is 27.7 Å². The number of nitrogens with two attached hydrogens (primary N) is 1. The average Bonchev–Trinajstić information content (AvgIpc) is 2.90. The van der Waals surface area contributed by atoms with Crippen molar-refractivity contribution in [3.63, 3.8) is 0 Å². The van der Waals surface area contributed by atoms with Gasteiger partial charge in [0.2, 0.25) is 5.91 Å². The predicted molar refractivity (Wildman–Crippen MR) is 97.0 cm³/mol. The van der Waals surface area contributed by atoms with Gasteiger partial charge in [-0.25, -0.2) is 13.2 Å². The number of aryl methyl sites for hydroxylation is 1. The Morgan fingerprint density at radius 1 is 1.11 bits per heavy atom. The van der Waals surface area contributed by atoms with Crippen molar-refractivity contribution in [2.75, 3.05) is 0 Å². The van der Waals surface area contributed by atoms with Gasteiger partial charge >= 0.3 is 0 Å². The molecule has 0 unspecified atom stereocenters. The highest BCUT2D eigenvalue weighted by atomic mass is 19.1. The number of halogens is 3. The molecule has 3 aromatic carbocycles. The van der Waals surface area contributed by atoms with E-state index in [4.69, 9.17) is 5.73 Å². The van der Waals surface area contributed by atoms with E-state index in [9.17, 15) is 18.0 Å². The van der Waals surface area contributed by atoms with Crippen LogP contribution in [0.4, 0.5) is 13.2 Å². The van der Waals surface area contributed by atoms with Crippen molar-refractivity contribution in [1.82, 2.24) is 4.57 Å². The van der Waals surface area contributed by atoms with Crippen LogP contribution in [0.3, 0.4) is 0 Å².